The molecule has 0 bridgehead atoms. The number of rotatable bonds is 4. The van der Waals surface area contributed by atoms with Gasteiger partial charge in [0.2, 0.25) is 5.91 Å². The summed E-state index contributed by atoms with van der Waals surface area (Å²) in [7, 11) is 0. The molecule has 1 aromatic carbocycles. The molecule has 0 spiro atoms. The predicted molar refractivity (Wildman–Crippen MR) is 85.8 cm³/mol. The number of piperidine rings is 1. The van der Waals surface area contributed by atoms with Gasteiger partial charge in [-0.15, -0.1) is 0 Å². The molecule has 0 radical (unpaired) electrons. The third-order valence-electron chi connectivity index (χ3n) is 3.54. The van der Waals surface area contributed by atoms with E-state index in [0.717, 1.165) is 25.9 Å². The van der Waals surface area contributed by atoms with Crippen molar-refractivity contribution in [1.29, 1.82) is 0 Å². The number of anilines is 2. The molecular formula is C14H19Cl2N3O2. The molecule has 2 rings (SSSR count). The van der Waals surface area contributed by atoms with Gasteiger partial charge in [0.1, 0.15) is 0 Å². The predicted octanol–water partition coefficient (Wildman–Crippen LogP) is 2.36. The van der Waals surface area contributed by atoms with E-state index in [1.807, 2.05) is 0 Å². The highest BCUT2D eigenvalue weighted by Crippen LogP contribution is 2.32. The van der Waals surface area contributed by atoms with Gasteiger partial charge < -0.3 is 21.1 Å². The normalized spacial score (nSPS) is 16.9. The molecule has 0 unspecified atom stereocenters. The molecule has 0 saturated carbocycles. The topological polar surface area (TPSA) is 78.6 Å². The number of nitrogens with two attached hydrogens (primary N) is 1. The van der Waals surface area contributed by atoms with Crippen molar-refractivity contribution < 1.29 is 9.90 Å². The Morgan fingerprint density at radius 2 is 1.90 bits per heavy atom. The third kappa shape index (κ3) is 4.74. The van der Waals surface area contributed by atoms with Crippen molar-refractivity contribution in [2.45, 2.75) is 25.4 Å². The van der Waals surface area contributed by atoms with Crippen LogP contribution in [0.15, 0.2) is 12.1 Å². The molecule has 1 saturated heterocycles. The summed E-state index contributed by atoms with van der Waals surface area (Å²) < 4.78 is 0. The number of halogens is 2. The highest BCUT2D eigenvalue weighted by molar-refractivity contribution is 6.40. The van der Waals surface area contributed by atoms with E-state index in [0.29, 0.717) is 34.4 Å². The lowest BCUT2D eigenvalue weighted by molar-refractivity contribution is -0.116. The molecule has 116 valence electrons. The van der Waals surface area contributed by atoms with Crippen LogP contribution in [0.3, 0.4) is 0 Å². The van der Waals surface area contributed by atoms with Gasteiger partial charge in [0.25, 0.3) is 0 Å². The van der Waals surface area contributed by atoms with E-state index in [4.69, 9.17) is 28.9 Å². The smallest absolute Gasteiger partial charge is 0.225 e. The van der Waals surface area contributed by atoms with Crippen LogP contribution in [-0.4, -0.2) is 41.7 Å². The Hall–Kier alpha value is -1.01. The van der Waals surface area contributed by atoms with E-state index >= 15 is 0 Å². The minimum atomic E-state index is -0.206. The minimum absolute atomic E-state index is 0.144. The van der Waals surface area contributed by atoms with Crippen LogP contribution in [0, 0.1) is 0 Å². The zero-order valence-electron chi connectivity index (χ0n) is 11.6. The highest BCUT2D eigenvalue weighted by atomic mass is 35.5. The second-order valence-corrected chi connectivity index (χ2v) is 6.04. The molecule has 0 aromatic heterocycles. The monoisotopic (exact) mass is 331 g/mol. The zero-order valence-corrected chi connectivity index (χ0v) is 13.1. The van der Waals surface area contributed by atoms with E-state index in [9.17, 15) is 9.90 Å². The summed E-state index contributed by atoms with van der Waals surface area (Å²) in [5.74, 6) is -0.144. The molecule has 1 aliphatic rings. The SMILES string of the molecule is Nc1cc(Cl)c(NC(=O)CCN2CCC(O)CC2)c(Cl)c1. The second-order valence-electron chi connectivity index (χ2n) is 5.23. The van der Waals surface area contributed by atoms with Gasteiger partial charge in [-0.3, -0.25) is 4.79 Å². The van der Waals surface area contributed by atoms with Crippen LogP contribution < -0.4 is 11.1 Å². The second kappa shape index (κ2) is 7.31. The molecule has 21 heavy (non-hydrogen) atoms. The number of hydrogen-bond acceptors (Lipinski definition) is 4. The Morgan fingerprint density at radius 1 is 1.33 bits per heavy atom. The standard InChI is InChI=1S/C14H19Cl2N3O2/c15-11-7-9(17)8-12(16)14(11)18-13(21)3-6-19-4-1-10(20)2-5-19/h7-8,10,20H,1-6,17H2,(H,18,21). The Bertz CT molecular complexity index is 494. The summed E-state index contributed by atoms with van der Waals surface area (Å²) in [5.41, 5.74) is 6.47. The van der Waals surface area contributed by atoms with Crippen molar-refractivity contribution in [2.24, 2.45) is 0 Å². The number of benzene rings is 1. The fourth-order valence-electron chi connectivity index (χ4n) is 2.32. The zero-order chi connectivity index (χ0) is 15.4. The van der Waals surface area contributed by atoms with Crippen LogP contribution in [0.25, 0.3) is 0 Å². The first-order valence-corrected chi connectivity index (χ1v) is 7.66. The summed E-state index contributed by atoms with van der Waals surface area (Å²) in [5, 5.41) is 12.8. The molecule has 1 aliphatic heterocycles. The summed E-state index contributed by atoms with van der Waals surface area (Å²) >= 11 is 12.1. The van der Waals surface area contributed by atoms with Crippen LogP contribution >= 0.6 is 23.2 Å². The molecule has 0 atom stereocenters. The maximum absolute atomic E-state index is 12.0. The lowest BCUT2D eigenvalue weighted by Crippen LogP contribution is -2.37. The largest absolute Gasteiger partial charge is 0.399 e. The van der Waals surface area contributed by atoms with Gasteiger partial charge in [-0.25, -0.2) is 0 Å². The molecule has 0 aliphatic carbocycles. The first-order chi connectivity index (χ1) is 9.95. The molecular weight excluding hydrogens is 313 g/mol. The fourth-order valence-corrected chi connectivity index (χ4v) is 2.92. The van der Waals surface area contributed by atoms with Crippen molar-refractivity contribution in [3.63, 3.8) is 0 Å². The van der Waals surface area contributed by atoms with Crippen molar-refractivity contribution in [3.05, 3.63) is 22.2 Å². The number of likely N-dealkylation sites (tertiary alicyclic amines) is 1. The number of nitrogens with zero attached hydrogens (tertiary/aromatic N) is 1. The number of aliphatic hydroxyl groups is 1. The summed E-state index contributed by atoms with van der Waals surface area (Å²) in [6.07, 6.45) is 1.67. The van der Waals surface area contributed by atoms with Crippen molar-refractivity contribution in [3.8, 4) is 0 Å². The van der Waals surface area contributed by atoms with E-state index in [2.05, 4.69) is 10.2 Å². The number of hydrogen-bond donors (Lipinski definition) is 3. The van der Waals surface area contributed by atoms with Crippen LogP contribution in [-0.2, 0) is 4.79 Å². The van der Waals surface area contributed by atoms with E-state index in [-0.39, 0.29) is 12.0 Å². The number of carbonyl (C=O) groups is 1. The number of amides is 1. The third-order valence-corrected chi connectivity index (χ3v) is 4.14. The van der Waals surface area contributed by atoms with E-state index in [1.165, 1.54) is 0 Å². The molecule has 1 fully saturated rings. The number of aliphatic hydroxyl groups excluding tert-OH is 1. The molecule has 1 amide bonds. The Labute approximate surface area is 134 Å². The van der Waals surface area contributed by atoms with Crippen LogP contribution in [0.4, 0.5) is 11.4 Å². The maximum Gasteiger partial charge on any atom is 0.225 e. The highest BCUT2D eigenvalue weighted by Gasteiger charge is 2.18. The number of carbonyl (C=O) groups excluding carboxylic acids is 1. The quantitative estimate of drug-likeness (QED) is 0.740. The van der Waals surface area contributed by atoms with Crippen molar-refractivity contribution in [2.75, 3.05) is 30.7 Å². The molecule has 1 heterocycles. The molecule has 5 nitrogen and oxygen atoms in total. The molecule has 1 aromatic rings. The molecule has 4 N–H and O–H groups in total. The minimum Gasteiger partial charge on any atom is -0.399 e. The van der Waals surface area contributed by atoms with Gasteiger partial charge in [-0.1, -0.05) is 23.2 Å². The van der Waals surface area contributed by atoms with E-state index in [1.54, 1.807) is 12.1 Å². The van der Waals surface area contributed by atoms with Gasteiger partial charge in [0.05, 0.1) is 21.8 Å². The van der Waals surface area contributed by atoms with Crippen LogP contribution in [0.1, 0.15) is 19.3 Å². The average Bonchev–Trinajstić information content (AvgIpc) is 2.42. The van der Waals surface area contributed by atoms with Gasteiger partial charge in [0.15, 0.2) is 0 Å². The van der Waals surface area contributed by atoms with Crippen LogP contribution in [0.5, 0.6) is 0 Å². The number of nitrogens with one attached hydrogen (secondary N) is 1. The number of nitrogen functional groups attached to an aromatic ring is 1. The van der Waals surface area contributed by atoms with Gasteiger partial charge >= 0.3 is 0 Å². The van der Waals surface area contributed by atoms with Gasteiger partial charge in [-0.2, -0.15) is 0 Å². The van der Waals surface area contributed by atoms with Crippen molar-refractivity contribution in [1.82, 2.24) is 4.90 Å². The van der Waals surface area contributed by atoms with Crippen molar-refractivity contribution >= 4 is 40.5 Å². The fraction of sp³-hybridized carbons (Fsp3) is 0.500. The summed E-state index contributed by atoms with van der Waals surface area (Å²) in [6, 6.07) is 3.10. The summed E-state index contributed by atoms with van der Waals surface area (Å²) in [4.78, 5) is 14.1. The lowest BCUT2D eigenvalue weighted by atomic mass is 10.1. The maximum atomic E-state index is 12.0. The summed E-state index contributed by atoms with van der Waals surface area (Å²) in [6.45, 7) is 2.29. The first kappa shape index (κ1) is 16.4. The average molecular weight is 332 g/mol. The Kier molecular flexibility index (Phi) is 5.70. The Balaban J connectivity index is 1.85. The van der Waals surface area contributed by atoms with Crippen LogP contribution in [0.2, 0.25) is 10.0 Å². The van der Waals surface area contributed by atoms with E-state index < -0.39 is 0 Å². The van der Waals surface area contributed by atoms with Gasteiger partial charge in [0, 0.05) is 31.7 Å². The first-order valence-electron chi connectivity index (χ1n) is 6.90. The van der Waals surface area contributed by atoms with Gasteiger partial charge in [-0.05, 0) is 25.0 Å². The Morgan fingerprint density at radius 3 is 2.48 bits per heavy atom. The lowest BCUT2D eigenvalue weighted by Gasteiger charge is -2.29. The molecule has 7 heteroatoms.